The van der Waals surface area contributed by atoms with Crippen LogP contribution in [0.1, 0.15) is 22.5 Å². The Hall–Kier alpha value is -3.45. The maximum absolute atomic E-state index is 13.5. The maximum Gasteiger partial charge on any atom is 0.254 e. The first-order valence-corrected chi connectivity index (χ1v) is 10.7. The zero-order chi connectivity index (χ0) is 22.3. The van der Waals surface area contributed by atoms with Gasteiger partial charge >= 0.3 is 0 Å². The zero-order valence-electron chi connectivity index (χ0n) is 17.8. The van der Waals surface area contributed by atoms with Gasteiger partial charge in [-0.05, 0) is 48.9 Å². The molecule has 2 heterocycles. The van der Waals surface area contributed by atoms with Crippen LogP contribution >= 0.6 is 0 Å². The Labute approximate surface area is 186 Å². The minimum atomic E-state index is -0.421. The Bertz CT molecular complexity index is 1040. The lowest BCUT2D eigenvalue weighted by Crippen LogP contribution is -2.42. The van der Waals surface area contributed by atoms with Crippen molar-refractivity contribution < 1.29 is 18.4 Å². The van der Waals surface area contributed by atoms with E-state index in [1.165, 1.54) is 12.1 Å². The van der Waals surface area contributed by atoms with Crippen LogP contribution in [-0.2, 0) is 11.3 Å². The molecule has 166 valence electrons. The first-order chi connectivity index (χ1) is 15.6. The van der Waals surface area contributed by atoms with E-state index in [0.717, 1.165) is 12.1 Å². The number of rotatable bonds is 6. The van der Waals surface area contributed by atoms with Crippen LogP contribution in [0.2, 0.25) is 0 Å². The molecule has 0 saturated carbocycles. The lowest BCUT2D eigenvalue weighted by molar-refractivity contribution is -0.119. The van der Waals surface area contributed by atoms with Gasteiger partial charge in [0.05, 0.1) is 19.4 Å². The normalized spacial score (nSPS) is 14.7. The topological polar surface area (TPSA) is 57.0 Å². The smallest absolute Gasteiger partial charge is 0.254 e. The van der Waals surface area contributed by atoms with Crippen molar-refractivity contribution in [3.05, 3.63) is 90.1 Å². The number of furan rings is 1. The number of benzene rings is 2. The van der Waals surface area contributed by atoms with Crippen molar-refractivity contribution in [3.63, 3.8) is 0 Å². The van der Waals surface area contributed by atoms with Crippen molar-refractivity contribution >= 4 is 17.5 Å². The van der Waals surface area contributed by atoms with E-state index in [0.29, 0.717) is 44.0 Å². The average molecular weight is 435 g/mol. The molecule has 2 amide bonds. The highest BCUT2D eigenvalue weighted by atomic mass is 19.1. The Morgan fingerprint density at radius 2 is 1.78 bits per heavy atom. The van der Waals surface area contributed by atoms with Gasteiger partial charge in [0.25, 0.3) is 5.91 Å². The Balaban J connectivity index is 1.40. The van der Waals surface area contributed by atoms with E-state index >= 15 is 0 Å². The van der Waals surface area contributed by atoms with Crippen LogP contribution < -0.4 is 4.90 Å². The third-order valence-corrected chi connectivity index (χ3v) is 5.57. The highest BCUT2D eigenvalue weighted by molar-refractivity contribution is 5.95. The predicted molar refractivity (Wildman–Crippen MR) is 120 cm³/mol. The van der Waals surface area contributed by atoms with E-state index in [1.807, 2.05) is 42.5 Å². The predicted octanol–water partition coefficient (Wildman–Crippen LogP) is 3.80. The lowest BCUT2D eigenvalue weighted by Gasteiger charge is -2.26. The van der Waals surface area contributed by atoms with Crippen LogP contribution in [0, 0.1) is 5.82 Å². The van der Waals surface area contributed by atoms with Gasteiger partial charge in [0.2, 0.25) is 5.91 Å². The van der Waals surface area contributed by atoms with Crippen molar-refractivity contribution in [2.45, 2.75) is 13.0 Å². The van der Waals surface area contributed by atoms with Gasteiger partial charge in [-0.2, -0.15) is 0 Å². The number of anilines is 1. The number of para-hydroxylation sites is 1. The van der Waals surface area contributed by atoms with Gasteiger partial charge in [0, 0.05) is 37.4 Å². The quantitative estimate of drug-likeness (QED) is 0.591. The van der Waals surface area contributed by atoms with Gasteiger partial charge in [0.1, 0.15) is 11.6 Å². The van der Waals surface area contributed by atoms with Crippen LogP contribution in [0.25, 0.3) is 0 Å². The number of halogens is 1. The first-order valence-electron chi connectivity index (χ1n) is 10.7. The molecule has 2 aromatic carbocycles. The molecule has 1 aliphatic heterocycles. The van der Waals surface area contributed by atoms with Crippen LogP contribution in [0.3, 0.4) is 0 Å². The molecule has 0 radical (unpaired) electrons. The fraction of sp³-hybridized carbons (Fsp3) is 0.280. The molecule has 0 aliphatic carbocycles. The summed E-state index contributed by atoms with van der Waals surface area (Å²) < 4.78 is 19.0. The highest BCUT2D eigenvalue weighted by Crippen LogP contribution is 2.18. The molecule has 1 saturated heterocycles. The van der Waals surface area contributed by atoms with Crippen molar-refractivity contribution in [3.8, 4) is 0 Å². The summed E-state index contributed by atoms with van der Waals surface area (Å²) in [5.41, 5.74) is 1.16. The molecule has 7 heteroatoms. The summed E-state index contributed by atoms with van der Waals surface area (Å²) in [4.78, 5) is 31.5. The van der Waals surface area contributed by atoms with E-state index in [2.05, 4.69) is 4.90 Å². The molecule has 1 aliphatic rings. The Morgan fingerprint density at radius 3 is 2.53 bits per heavy atom. The second kappa shape index (κ2) is 10.2. The van der Waals surface area contributed by atoms with E-state index in [1.54, 1.807) is 28.2 Å². The van der Waals surface area contributed by atoms with Crippen LogP contribution in [-0.4, -0.2) is 54.3 Å². The molecule has 3 aromatic rings. The molecule has 0 spiro atoms. The van der Waals surface area contributed by atoms with E-state index < -0.39 is 5.82 Å². The minimum absolute atomic E-state index is 0.0301. The molecule has 0 atom stereocenters. The number of hydrogen-bond acceptors (Lipinski definition) is 4. The molecule has 0 bridgehead atoms. The van der Waals surface area contributed by atoms with E-state index in [9.17, 15) is 14.0 Å². The van der Waals surface area contributed by atoms with Crippen molar-refractivity contribution in [2.24, 2.45) is 0 Å². The molecule has 0 N–H and O–H groups in total. The largest absolute Gasteiger partial charge is 0.467 e. The van der Waals surface area contributed by atoms with Crippen molar-refractivity contribution in [2.75, 3.05) is 37.6 Å². The molecular weight excluding hydrogens is 409 g/mol. The molecule has 1 aromatic heterocycles. The molecular formula is C25H26FN3O3. The van der Waals surface area contributed by atoms with Gasteiger partial charge in [-0.25, -0.2) is 4.39 Å². The maximum atomic E-state index is 13.5. The van der Waals surface area contributed by atoms with Gasteiger partial charge in [0.15, 0.2) is 0 Å². The third-order valence-electron chi connectivity index (χ3n) is 5.57. The number of hydrogen-bond donors (Lipinski definition) is 0. The molecule has 1 fully saturated rings. The number of carbonyl (C=O) groups excluding carboxylic acids is 2. The van der Waals surface area contributed by atoms with Crippen molar-refractivity contribution in [1.29, 1.82) is 0 Å². The molecule has 6 nitrogen and oxygen atoms in total. The second-order valence-electron chi connectivity index (χ2n) is 7.83. The molecule has 4 rings (SSSR count). The molecule has 0 unspecified atom stereocenters. The summed E-state index contributed by atoms with van der Waals surface area (Å²) in [5.74, 6) is 0.0827. The van der Waals surface area contributed by atoms with E-state index in [-0.39, 0.29) is 18.4 Å². The second-order valence-corrected chi connectivity index (χ2v) is 7.83. The van der Waals surface area contributed by atoms with Gasteiger partial charge in [-0.1, -0.05) is 24.3 Å². The standard InChI is InChI=1S/C25H26FN3O3/c26-21-8-4-7-20(17-21)25(31)28-13-6-12-27(14-15-28)19-24(30)29(18-23-11-5-16-32-23)22-9-2-1-3-10-22/h1-5,7-11,16-17H,6,12-15,18-19H2. The summed E-state index contributed by atoms with van der Waals surface area (Å²) in [6.45, 7) is 2.96. The zero-order valence-corrected chi connectivity index (χ0v) is 17.8. The number of carbonyl (C=O) groups is 2. The van der Waals surface area contributed by atoms with Gasteiger partial charge < -0.3 is 14.2 Å². The number of nitrogens with zero attached hydrogens (tertiary/aromatic N) is 3. The summed E-state index contributed by atoms with van der Waals surface area (Å²) >= 11 is 0. The monoisotopic (exact) mass is 435 g/mol. The number of amides is 2. The highest BCUT2D eigenvalue weighted by Gasteiger charge is 2.24. The van der Waals surface area contributed by atoms with Crippen LogP contribution in [0.5, 0.6) is 0 Å². The van der Waals surface area contributed by atoms with E-state index in [4.69, 9.17) is 4.42 Å². The fourth-order valence-electron chi connectivity index (χ4n) is 3.90. The summed E-state index contributed by atoms with van der Waals surface area (Å²) in [7, 11) is 0. The van der Waals surface area contributed by atoms with Gasteiger partial charge in [-0.3, -0.25) is 14.5 Å². The molecule has 32 heavy (non-hydrogen) atoms. The Morgan fingerprint density at radius 1 is 0.938 bits per heavy atom. The van der Waals surface area contributed by atoms with Crippen LogP contribution in [0.4, 0.5) is 10.1 Å². The third kappa shape index (κ3) is 5.42. The summed E-state index contributed by atoms with van der Waals surface area (Å²) in [5, 5.41) is 0. The lowest BCUT2D eigenvalue weighted by atomic mass is 10.2. The SMILES string of the molecule is O=C(c1cccc(F)c1)N1CCCN(CC(=O)N(Cc2ccco2)c2ccccc2)CC1. The fourth-order valence-corrected chi connectivity index (χ4v) is 3.90. The summed E-state index contributed by atoms with van der Waals surface area (Å²) in [6, 6.07) is 19.0. The van der Waals surface area contributed by atoms with Crippen molar-refractivity contribution in [1.82, 2.24) is 9.80 Å². The first kappa shape index (κ1) is 21.8. The Kier molecular flexibility index (Phi) is 6.97. The summed E-state index contributed by atoms with van der Waals surface area (Å²) in [6.07, 6.45) is 2.35. The van der Waals surface area contributed by atoms with Gasteiger partial charge in [-0.15, -0.1) is 0 Å². The van der Waals surface area contributed by atoms with Crippen LogP contribution in [0.15, 0.2) is 77.4 Å². The minimum Gasteiger partial charge on any atom is -0.467 e. The average Bonchev–Trinajstić information content (AvgIpc) is 3.22.